The molecule has 0 spiro atoms. The summed E-state index contributed by atoms with van der Waals surface area (Å²) >= 11 is 0. The molecule has 0 saturated heterocycles. The number of rotatable bonds is 69. The average molecular weight is 1420 g/mol. The molecule has 0 aliphatic heterocycles. The molecule has 5 atom stereocenters. The first-order valence-electron chi connectivity index (χ1n) is 37.4. The van der Waals surface area contributed by atoms with Crippen LogP contribution in [0.4, 0.5) is 0 Å². The summed E-state index contributed by atoms with van der Waals surface area (Å²) in [5, 5.41) is 20.6. The first kappa shape index (κ1) is 93.9. The number of carbonyl (C=O) groups excluding carboxylic acids is 3. The van der Waals surface area contributed by atoms with E-state index in [0.717, 1.165) is 205 Å². The Morgan fingerprint density at radius 1 is 0.283 bits per heavy atom. The van der Waals surface area contributed by atoms with E-state index in [0.29, 0.717) is 19.3 Å². The van der Waals surface area contributed by atoms with Gasteiger partial charge in [0.1, 0.15) is 25.4 Å². The number of allylic oxidation sites excluding steroid dienone is 28. The average Bonchev–Trinajstić information content (AvgIpc) is 2.90. The van der Waals surface area contributed by atoms with Crippen molar-refractivity contribution in [2.75, 3.05) is 39.6 Å². The van der Waals surface area contributed by atoms with Gasteiger partial charge in [0.05, 0.1) is 26.4 Å². The van der Waals surface area contributed by atoms with Crippen LogP contribution in [0.15, 0.2) is 170 Å². The van der Waals surface area contributed by atoms with E-state index in [-0.39, 0.29) is 19.3 Å². The fraction of sp³-hybridized carbons (Fsp3) is 0.617. The zero-order valence-electron chi connectivity index (χ0n) is 61.1. The van der Waals surface area contributed by atoms with Crippen molar-refractivity contribution >= 4 is 33.6 Å². The first-order valence-corrected chi connectivity index (χ1v) is 40.4. The molecular weight excluding hydrogens is 1290 g/mol. The van der Waals surface area contributed by atoms with Crippen LogP contribution in [0, 0.1) is 0 Å². The second-order valence-corrected chi connectivity index (χ2v) is 27.2. The number of phosphoric acid groups is 2. The first-order chi connectivity index (χ1) is 48.2. The van der Waals surface area contributed by atoms with Crippen molar-refractivity contribution in [1.82, 2.24) is 0 Å². The second-order valence-electron chi connectivity index (χ2n) is 24.3. The van der Waals surface area contributed by atoms with E-state index in [2.05, 4.69) is 191 Å². The van der Waals surface area contributed by atoms with Crippen molar-refractivity contribution in [2.24, 2.45) is 0 Å². The summed E-state index contributed by atoms with van der Waals surface area (Å²) in [5.41, 5.74) is 0. The summed E-state index contributed by atoms with van der Waals surface area (Å²) in [6.07, 6.45) is 91.0. The van der Waals surface area contributed by atoms with Crippen molar-refractivity contribution in [1.29, 1.82) is 0 Å². The predicted molar refractivity (Wildman–Crippen MR) is 408 cm³/mol. The van der Waals surface area contributed by atoms with Crippen molar-refractivity contribution in [2.45, 2.75) is 283 Å². The molecule has 0 amide bonds. The van der Waals surface area contributed by atoms with Gasteiger partial charge in [-0.3, -0.25) is 32.5 Å². The Labute approximate surface area is 599 Å². The monoisotopic (exact) mass is 1420 g/mol. The van der Waals surface area contributed by atoms with E-state index in [1.54, 1.807) is 0 Å². The van der Waals surface area contributed by atoms with E-state index >= 15 is 0 Å². The van der Waals surface area contributed by atoms with Crippen LogP contribution in [-0.4, -0.2) is 95.9 Å². The Hall–Kier alpha value is -5.09. The van der Waals surface area contributed by atoms with Crippen LogP contribution in [0.2, 0.25) is 0 Å². The molecule has 0 aromatic carbocycles. The summed E-state index contributed by atoms with van der Waals surface area (Å²) in [4.78, 5) is 58.6. The van der Waals surface area contributed by atoms with Crippen molar-refractivity contribution in [3.63, 3.8) is 0 Å². The molecule has 16 nitrogen and oxygen atoms in total. The lowest BCUT2D eigenvalue weighted by Gasteiger charge is -2.21. The van der Waals surface area contributed by atoms with Gasteiger partial charge in [-0.15, -0.1) is 0 Å². The maximum absolute atomic E-state index is 13.0. The van der Waals surface area contributed by atoms with Crippen LogP contribution in [0.5, 0.6) is 0 Å². The van der Waals surface area contributed by atoms with Crippen molar-refractivity contribution < 1.29 is 75.8 Å². The SMILES string of the molecule is CC/C=C\C/C=C\C/C=C\C/C=C\C/C=C\C/C=C\CCCCCCCCC(=O)OCC(O)COP(=O)(O)OCC(O)COP(=O)(O)OCC(COC(=O)CCCCCCCC/C=C\C/C=C\C/C=C\C/C=C\CC)OC(=O)CCCCCCCC/C=C\C/C=C\C/C=C\C/C=C\CC. The molecule has 99 heavy (non-hydrogen) atoms. The number of unbranched alkanes of at least 4 members (excludes halogenated alkanes) is 18. The molecule has 0 aliphatic carbocycles. The van der Waals surface area contributed by atoms with Crippen molar-refractivity contribution in [3.8, 4) is 0 Å². The standard InChI is InChI=1S/C81H132O16P2/c1-4-7-10-13-16-19-22-25-28-31-34-35-36-37-38-39-42-44-46-49-52-55-58-61-64-67-79(84)91-70-76(82)71-93-98(87,88)94-72-77(83)73-95-99(89,90)96-75-78(97-81(86)69-66-63-60-57-54-51-48-45-41-33-30-27-24-21-18-15-12-9-6-3)74-92-80(85)68-65-62-59-56-53-50-47-43-40-32-29-26-23-20-17-14-11-8-5-2/h7-12,16-21,25-30,34-35,37-38,40-45,76-78,82-83H,4-6,13-15,22-24,31-33,36,39,46-75H2,1-3H3,(H,87,88)(H,89,90)/b10-7-,11-8-,12-9-,19-16-,20-17-,21-18-,28-25-,29-26-,30-27-,35-34-,38-37-,43-40-,44-42-,45-41-. The summed E-state index contributed by atoms with van der Waals surface area (Å²) in [6, 6.07) is 0. The smallest absolute Gasteiger partial charge is 0.463 e. The molecule has 0 aromatic rings. The van der Waals surface area contributed by atoms with Crippen LogP contribution in [-0.2, 0) is 55.8 Å². The maximum atomic E-state index is 13.0. The Morgan fingerprint density at radius 2 is 0.505 bits per heavy atom. The summed E-state index contributed by atoms with van der Waals surface area (Å²) < 4.78 is 61.1. The van der Waals surface area contributed by atoms with Crippen LogP contribution in [0.1, 0.15) is 265 Å². The molecule has 0 bridgehead atoms. The highest BCUT2D eigenvalue weighted by molar-refractivity contribution is 7.47. The zero-order chi connectivity index (χ0) is 72.3. The van der Waals surface area contributed by atoms with Gasteiger partial charge in [0.15, 0.2) is 6.10 Å². The third kappa shape index (κ3) is 73.9. The third-order valence-electron chi connectivity index (χ3n) is 14.9. The van der Waals surface area contributed by atoms with E-state index in [1.165, 1.54) is 0 Å². The summed E-state index contributed by atoms with van der Waals surface area (Å²) in [6.45, 7) is 2.27. The lowest BCUT2D eigenvalue weighted by molar-refractivity contribution is -0.161. The predicted octanol–water partition coefficient (Wildman–Crippen LogP) is 21.6. The van der Waals surface area contributed by atoms with Crippen molar-refractivity contribution in [3.05, 3.63) is 170 Å². The van der Waals surface area contributed by atoms with E-state index in [9.17, 15) is 43.5 Å². The molecule has 0 radical (unpaired) electrons. The minimum Gasteiger partial charge on any atom is -0.463 e. The molecule has 0 aromatic heterocycles. The van der Waals surface area contributed by atoms with Crippen LogP contribution < -0.4 is 0 Å². The van der Waals surface area contributed by atoms with Gasteiger partial charge in [0, 0.05) is 19.3 Å². The van der Waals surface area contributed by atoms with Gasteiger partial charge < -0.3 is 34.2 Å². The lowest BCUT2D eigenvalue weighted by atomic mass is 10.1. The topological polar surface area (TPSA) is 231 Å². The summed E-state index contributed by atoms with van der Waals surface area (Å²) in [7, 11) is -9.81. The molecule has 0 saturated carbocycles. The fourth-order valence-electron chi connectivity index (χ4n) is 9.32. The highest BCUT2D eigenvalue weighted by atomic mass is 31.2. The van der Waals surface area contributed by atoms with E-state index in [1.807, 2.05) is 0 Å². The van der Waals surface area contributed by atoms with E-state index < -0.39 is 91.5 Å². The van der Waals surface area contributed by atoms with Gasteiger partial charge >= 0.3 is 33.6 Å². The molecule has 0 fully saturated rings. The quantitative estimate of drug-likeness (QED) is 0.0146. The highest BCUT2D eigenvalue weighted by Gasteiger charge is 2.29. The number of aliphatic hydroxyl groups is 2. The fourth-order valence-corrected chi connectivity index (χ4v) is 10.9. The molecular formula is C81H132O16P2. The minimum atomic E-state index is -4.95. The van der Waals surface area contributed by atoms with Crippen LogP contribution >= 0.6 is 15.6 Å². The molecule has 18 heteroatoms. The number of ether oxygens (including phenoxy) is 3. The van der Waals surface area contributed by atoms with Gasteiger partial charge in [-0.2, -0.15) is 0 Å². The van der Waals surface area contributed by atoms with Gasteiger partial charge in [0.25, 0.3) is 0 Å². The summed E-state index contributed by atoms with van der Waals surface area (Å²) in [5.74, 6) is -1.63. The Balaban J connectivity index is 4.71. The van der Waals surface area contributed by atoms with Gasteiger partial charge in [-0.1, -0.05) is 268 Å². The second kappa shape index (κ2) is 72.7. The Kier molecular flexibility index (Phi) is 69.0. The number of hydrogen-bond acceptors (Lipinski definition) is 14. The molecule has 0 heterocycles. The number of phosphoric ester groups is 2. The number of hydrogen-bond donors (Lipinski definition) is 4. The van der Waals surface area contributed by atoms with Gasteiger partial charge in [-0.05, 0) is 148 Å². The minimum absolute atomic E-state index is 0.0783. The molecule has 4 N–H and O–H groups in total. The molecule has 5 unspecified atom stereocenters. The van der Waals surface area contributed by atoms with Gasteiger partial charge in [-0.25, -0.2) is 9.13 Å². The maximum Gasteiger partial charge on any atom is 0.472 e. The van der Waals surface area contributed by atoms with Crippen LogP contribution in [0.3, 0.4) is 0 Å². The lowest BCUT2D eigenvalue weighted by Crippen LogP contribution is -2.30. The highest BCUT2D eigenvalue weighted by Crippen LogP contribution is 2.45. The largest absolute Gasteiger partial charge is 0.472 e. The van der Waals surface area contributed by atoms with Crippen LogP contribution in [0.25, 0.3) is 0 Å². The van der Waals surface area contributed by atoms with Gasteiger partial charge in [0.2, 0.25) is 0 Å². The Morgan fingerprint density at radius 3 is 0.798 bits per heavy atom. The number of esters is 3. The molecule has 0 rings (SSSR count). The molecule has 562 valence electrons. The third-order valence-corrected chi connectivity index (χ3v) is 16.8. The Bertz CT molecular complexity index is 2480. The molecule has 0 aliphatic rings. The van der Waals surface area contributed by atoms with E-state index in [4.69, 9.17) is 32.3 Å². The number of carbonyl (C=O) groups is 3. The normalized spacial score (nSPS) is 15.0. The zero-order valence-corrected chi connectivity index (χ0v) is 62.9. The number of aliphatic hydroxyl groups excluding tert-OH is 2.